The van der Waals surface area contributed by atoms with Crippen LogP contribution in [-0.4, -0.2) is 23.5 Å². The molecule has 2 fully saturated rings. The van der Waals surface area contributed by atoms with Crippen LogP contribution in [0.4, 0.5) is 4.39 Å². The Kier molecular flexibility index (Phi) is 4.32. The Bertz CT molecular complexity index is 645. The van der Waals surface area contributed by atoms with Gasteiger partial charge in [0.2, 0.25) is 5.91 Å². The van der Waals surface area contributed by atoms with Gasteiger partial charge in [-0.3, -0.25) is 9.59 Å². The highest BCUT2D eigenvalue weighted by Gasteiger charge is 2.46. The van der Waals surface area contributed by atoms with Crippen molar-refractivity contribution in [2.75, 3.05) is 6.54 Å². The molecule has 1 amide bonds. The van der Waals surface area contributed by atoms with E-state index < -0.39 is 11.9 Å². The number of nitrogens with one attached hydrogen (secondary N) is 1. The van der Waals surface area contributed by atoms with E-state index >= 15 is 0 Å². The maximum Gasteiger partial charge on any atom is 0.306 e. The lowest BCUT2D eigenvalue weighted by atomic mass is 9.95. The van der Waals surface area contributed by atoms with Crippen molar-refractivity contribution >= 4 is 23.5 Å². The Labute approximate surface area is 139 Å². The minimum absolute atomic E-state index is 0.0849. The van der Waals surface area contributed by atoms with E-state index in [1.165, 1.54) is 12.1 Å². The molecular formula is C17H19ClFNO3. The van der Waals surface area contributed by atoms with Crippen molar-refractivity contribution in [2.45, 2.75) is 37.5 Å². The SMILES string of the molecule is O=C(O)[C@@H]1CC[C@H](C(=O)NCC2(c3ccc(F)cc3Cl)CC2)C1. The molecule has 4 nitrogen and oxygen atoms in total. The lowest BCUT2D eigenvalue weighted by Gasteiger charge is -2.19. The summed E-state index contributed by atoms with van der Waals surface area (Å²) >= 11 is 6.13. The summed E-state index contributed by atoms with van der Waals surface area (Å²) in [7, 11) is 0. The van der Waals surface area contributed by atoms with Crippen LogP contribution in [0.2, 0.25) is 5.02 Å². The average Bonchev–Trinajstić information content (AvgIpc) is 3.10. The van der Waals surface area contributed by atoms with Crippen LogP contribution in [0.3, 0.4) is 0 Å². The van der Waals surface area contributed by atoms with Crippen molar-refractivity contribution in [2.24, 2.45) is 11.8 Å². The molecule has 0 aromatic heterocycles. The van der Waals surface area contributed by atoms with Crippen LogP contribution in [-0.2, 0) is 15.0 Å². The number of rotatable bonds is 5. The zero-order valence-electron chi connectivity index (χ0n) is 12.6. The summed E-state index contributed by atoms with van der Waals surface area (Å²) in [6, 6.07) is 4.37. The van der Waals surface area contributed by atoms with Crippen LogP contribution in [0.5, 0.6) is 0 Å². The lowest BCUT2D eigenvalue weighted by molar-refractivity contribution is -0.141. The number of hydrogen-bond acceptors (Lipinski definition) is 2. The molecule has 2 aliphatic carbocycles. The molecule has 2 aliphatic rings. The number of halogens is 2. The fraction of sp³-hybridized carbons (Fsp3) is 0.529. The summed E-state index contributed by atoms with van der Waals surface area (Å²) in [6.45, 7) is 0.464. The van der Waals surface area contributed by atoms with E-state index in [1.807, 2.05) is 0 Å². The monoisotopic (exact) mass is 339 g/mol. The highest BCUT2D eigenvalue weighted by molar-refractivity contribution is 6.31. The minimum atomic E-state index is -0.822. The second-order valence-electron chi connectivity index (χ2n) is 6.67. The molecule has 0 saturated heterocycles. The predicted octanol–water partition coefficient (Wildman–Crippen LogP) is 3.13. The number of carboxylic acid groups (broad SMARTS) is 1. The molecule has 0 heterocycles. The molecule has 23 heavy (non-hydrogen) atoms. The zero-order chi connectivity index (χ0) is 16.6. The smallest absolute Gasteiger partial charge is 0.306 e. The van der Waals surface area contributed by atoms with Crippen molar-refractivity contribution in [1.82, 2.24) is 5.32 Å². The molecule has 3 rings (SSSR count). The normalized spacial score (nSPS) is 25.1. The van der Waals surface area contributed by atoms with E-state index in [0.29, 0.717) is 30.8 Å². The molecule has 2 N–H and O–H groups in total. The molecule has 1 aromatic carbocycles. The number of amides is 1. The third-order valence-corrected chi connectivity index (χ3v) is 5.42. The summed E-state index contributed by atoms with van der Waals surface area (Å²) in [4.78, 5) is 23.2. The first-order valence-corrected chi connectivity index (χ1v) is 8.25. The Balaban J connectivity index is 1.60. The summed E-state index contributed by atoms with van der Waals surface area (Å²) < 4.78 is 13.2. The number of hydrogen-bond donors (Lipinski definition) is 2. The Morgan fingerprint density at radius 1 is 1.30 bits per heavy atom. The quantitative estimate of drug-likeness (QED) is 0.866. The molecule has 0 unspecified atom stereocenters. The van der Waals surface area contributed by atoms with Gasteiger partial charge >= 0.3 is 5.97 Å². The standard InChI is InChI=1S/C17H19ClFNO3/c18-14-8-12(19)3-4-13(14)17(5-6-17)9-20-15(21)10-1-2-11(7-10)16(22)23/h3-4,8,10-11H,1-2,5-7,9H2,(H,20,21)(H,22,23)/t10-,11+/m0/s1. The largest absolute Gasteiger partial charge is 0.481 e. The number of carbonyl (C=O) groups excluding carboxylic acids is 1. The number of carbonyl (C=O) groups is 2. The maximum absolute atomic E-state index is 13.2. The Hall–Kier alpha value is -1.62. The van der Waals surface area contributed by atoms with E-state index in [1.54, 1.807) is 6.07 Å². The molecule has 0 spiro atoms. The fourth-order valence-electron chi connectivity index (χ4n) is 3.46. The van der Waals surface area contributed by atoms with Crippen LogP contribution in [0.1, 0.15) is 37.7 Å². The fourth-order valence-corrected chi connectivity index (χ4v) is 3.82. The molecular weight excluding hydrogens is 321 g/mol. The summed E-state index contributed by atoms with van der Waals surface area (Å²) in [5, 5.41) is 12.3. The Morgan fingerprint density at radius 3 is 2.57 bits per heavy atom. The molecule has 6 heteroatoms. The van der Waals surface area contributed by atoms with Gasteiger partial charge in [-0.2, -0.15) is 0 Å². The van der Waals surface area contributed by atoms with E-state index in [2.05, 4.69) is 5.32 Å². The highest BCUT2D eigenvalue weighted by atomic mass is 35.5. The number of benzene rings is 1. The van der Waals surface area contributed by atoms with E-state index in [9.17, 15) is 14.0 Å². The molecule has 2 atom stereocenters. The molecule has 0 bridgehead atoms. The van der Waals surface area contributed by atoms with Crippen molar-refractivity contribution in [3.05, 3.63) is 34.6 Å². The van der Waals surface area contributed by atoms with Crippen LogP contribution in [0.25, 0.3) is 0 Å². The Morgan fingerprint density at radius 2 is 2.00 bits per heavy atom. The highest BCUT2D eigenvalue weighted by Crippen LogP contribution is 2.50. The lowest BCUT2D eigenvalue weighted by Crippen LogP contribution is -2.36. The van der Waals surface area contributed by atoms with Gasteiger partial charge in [-0.05, 0) is 49.8 Å². The van der Waals surface area contributed by atoms with Gasteiger partial charge in [0.1, 0.15) is 5.82 Å². The van der Waals surface area contributed by atoms with Crippen molar-refractivity contribution in [1.29, 1.82) is 0 Å². The molecule has 0 aliphatic heterocycles. The van der Waals surface area contributed by atoms with Gasteiger partial charge in [0.25, 0.3) is 0 Å². The average molecular weight is 340 g/mol. The second-order valence-corrected chi connectivity index (χ2v) is 7.07. The number of carboxylic acids is 1. The summed E-state index contributed by atoms with van der Waals surface area (Å²) in [5.74, 6) is -1.91. The first kappa shape index (κ1) is 16.2. The van der Waals surface area contributed by atoms with Crippen LogP contribution >= 0.6 is 11.6 Å². The van der Waals surface area contributed by atoms with Crippen LogP contribution in [0.15, 0.2) is 18.2 Å². The van der Waals surface area contributed by atoms with Gasteiger partial charge in [-0.15, -0.1) is 0 Å². The first-order chi connectivity index (χ1) is 10.9. The summed E-state index contributed by atoms with van der Waals surface area (Å²) in [5.41, 5.74) is 0.668. The van der Waals surface area contributed by atoms with E-state index in [0.717, 1.165) is 18.4 Å². The molecule has 124 valence electrons. The van der Waals surface area contributed by atoms with Gasteiger partial charge in [-0.1, -0.05) is 17.7 Å². The van der Waals surface area contributed by atoms with Crippen LogP contribution in [0, 0.1) is 17.7 Å². The molecule has 1 aromatic rings. The van der Waals surface area contributed by atoms with Gasteiger partial charge in [0, 0.05) is 22.9 Å². The minimum Gasteiger partial charge on any atom is -0.481 e. The van der Waals surface area contributed by atoms with Gasteiger partial charge in [0.15, 0.2) is 0 Å². The predicted molar refractivity (Wildman–Crippen MR) is 83.8 cm³/mol. The van der Waals surface area contributed by atoms with Crippen LogP contribution < -0.4 is 5.32 Å². The van der Waals surface area contributed by atoms with Crippen molar-refractivity contribution in [3.63, 3.8) is 0 Å². The molecule has 2 saturated carbocycles. The third-order valence-electron chi connectivity index (χ3n) is 5.11. The summed E-state index contributed by atoms with van der Waals surface area (Å²) in [6.07, 6.45) is 3.39. The van der Waals surface area contributed by atoms with Gasteiger partial charge in [-0.25, -0.2) is 4.39 Å². The maximum atomic E-state index is 13.2. The third kappa shape index (κ3) is 3.34. The second kappa shape index (κ2) is 6.11. The van der Waals surface area contributed by atoms with Gasteiger partial charge < -0.3 is 10.4 Å². The van der Waals surface area contributed by atoms with Gasteiger partial charge in [0.05, 0.1) is 5.92 Å². The van der Waals surface area contributed by atoms with E-state index in [4.69, 9.17) is 16.7 Å². The first-order valence-electron chi connectivity index (χ1n) is 7.87. The zero-order valence-corrected chi connectivity index (χ0v) is 13.4. The van der Waals surface area contributed by atoms with E-state index in [-0.39, 0.29) is 23.1 Å². The van der Waals surface area contributed by atoms with Crippen molar-refractivity contribution in [3.8, 4) is 0 Å². The number of aliphatic carboxylic acids is 1. The van der Waals surface area contributed by atoms with Crippen molar-refractivity contribution < 1.29 is 19.1 Å². The molecule has 0 radical (unpaired) electrons. The topological polar surface area (TPSA) is 66.4 Å².